The van der Waals surface area contributed by atoms with Gasteiger partial charge in [-0.1, -0.05) is 18.2 Å². The highest BCUT2D eigenvalue weighted by Gasteiger charge is 2.26. The molecule has 0 bridgehead atoms. The fraction of sp³-hybridized carbons (Fsp3) is 0.429. The van der Waals surface area contributed by atoms with Crippen molar-refractivity contribution in [2.45, 2.75) is 65.5 Å². The minimum Gasteiger partial charge on any atom is -0.508 e. The Morgan fingerprint density at radius 3 is 2.29 bits per heavy atom. The van der Waals surface area contributed by atoms with Crippen LogP contribution in [0.15, 0.2) is 48.5 Å². The smallest absolute Gasteiger partial charge is 0.407 e. The summed E-state index contributed by atoms with van der Waals surface area (Å²) in [7, 11) is 1.19. The Bertz CT molecular complexity index is 1580. The first-order valence-electron chi connectivity index (χ1n) is 16.0. The van der Waals surface area contributed by atoms with Gasteiger partial charge in [0.1, 0.15) is 23.1 Å². The maximum atomic E-state index is 13.3. The second-order valence-electron chi connectivity index (χ2n) is 12.2. The molecule has 264 valence electrons. The number of anilines is 1. The number of methoxy groups -OCH3 is 1. The van der Waals surface area contributed by atoms with E-state index < -0.39 is 35.5 Å². The number of carbonyl (C=O) groups excluding carboxylic acids is 4. The molecule has 0 aliphatic rings. The van der Waals surface area contributed by atoms with Crippen molar-refractivity contribution in [1.29, 1.82) is 0 Å². The number of esters is 1. The molecule has 5 N–H and O–H groups in total. The number of hydrogen-bond donors (Lipinski definition) is 5. The largest absolute Gasteiger partial charge is 0.508 e. The SMILES string of the molecule is COC(=O)[C@H](CNC(=O)c1cccc(OCCCNC(=O)OC(C)(C)C)c1)NC(=O)c1c(C)nc(NCCCc2cccc(O)c2)nc1C. The van der Waals surface area contributed by atoms with Crippen LogP contribution in [-0.2, 0) is 20.7 Å². The third-order valence-corrected chi connectivity index (χ3v) is 6.95. The van der Waals surface area contributed by atoms with Gasteiger partial charge < -0.3 is 40.6 Å². The molecule has 0 saturated carbocycles. The molecule has 3 amide bonds. The molecule has 0 radical (unpaired) electrons. The quantitative estimate of drug-likeness (QED) is 0.109. The number of ether oxygens (including phenoxy) is 3. The van der Waals surface area contributed by atoms with Crippen molar-refractivity contribution in [3.05, 3.63) is 76.6 Å². The van der Waals surface area contributed by atoms with Crippen molar-refractivity contribution in [2.75, 3.05) is 38.7 Å². The van der Waals surface area contributed by atoms with Crippen LogP contribution < -0.4 is 26.0 Å². The normalized spacial score (nSPS) is 11.6. The molecular formula is C35H46N6O8. The molecule has 0 spiro atoms. The number of alkyl carbamates (subject to hydrolysis) is 1. The van der Waals surface area contributed by atoms with E-state index in [4.69, 9.17) is 14.2 Å². The Labute approximate surface area is 286 Å². The average Bonchev–Trinajstić information content (AvgIpc) is 3.03. The lowest BCUT2D eigenvalue weighted by Crippen LogP contribution is -2.49. The highest BCUT2D eigenvalue weighted by molar-refractivity contribution is 5.99. The number of phenols is 1. The van der Waals surface area contributed by atoms with E-state index in [1.54, 1.807) is 77.1 Å². The number of benzene rings is 2. The summed E-state index contributed by atoms with van der Waals surface area (Å²) in [6, 6.07) is 12.4. The molecule has 1 heterocycles. The molecule has 0 aliphatic carbocycles. The van der Waals surface area contributed by atoms with Gasteiger partial charge in [0, 0.05) is 25.2 Å². The van der Waals surface area contributed by atoms with E-state index >= 15 is 0 Å². The molecule has 0 fully saturated rings. The number of aryl methyl sites for hydroxylation is 3. The van der Waals surface area contributed by atoms with E-state index in [2.05, 4.69) is 31.2 Å². The Hall–Kier alpha value is -5.40. The van der Waals surface area contributed by atoms with Crippen molar-refractivity contribution < 1.29 is 38.5 Å². The van der Waals surface area contributed by atoms with Gasteiger partial charge in [-0.3, -0.25) is 9.59 Å². The summed E-state index contributed by atoms with van der Waals surface area (Å²) < 4.78 is 15.8. The predicted molar refractivity (Wildman–Crippen MR) is 183 cm³/mol. The van der Waals surface area contributed by atoms with Crippen LogP contribution in [-0.4, -0.2) is 83.9 Å². The topological polar surface area (TPSA) is 190 Å². The van der Waals surface area contributed by atoms with Crippen LogP contribution in [0.4, 0.5) is 10.7 Å². The number of nitrogens with zero attached hydrogens (tertiary/aromatic N) is 2. The van der Waals surface area contributed by atoms with Crippen molar-refractivity contribution >= 4 is 29.8 Å². The third-order valence-electron chi connectivity index (χ3n) is 6.95. The van der Waals surface area contributed by atoms with Crippen LogP contribution >= 0.6 is 0 Å². The first-order valence-corrected chi connectivity index (χ1v) is 16.0. The van der Waals surface area contributed by atoms with Gasteiger partial charge in [0.2, 0.25) is 5.95 Å². The number of aromatic hydroxyl groups is 1. The maximum absolute atomic E-state index is 13.3. The summed E-state index contributed by atoms with van der Waals surface area (Å²) in [4.78, 5) is 59.4. The van der Waals surface area contributed by atoms with Gasteiger partial charge in [-0.05, 0) is 89.8 Å². The van der Waals surface area contributed by atoms with Gasteiger partial charge in [-0.25, -0.2) is 19.6 Å². The lowest BCUT2D eigenvalue weighted by Gasteiger charge is -2.19. The van der Waals surface area contributed by atoms with Crippen LogP contribution in [0.5, 0.6) is 11.5 Å². The van der Waals surface area contributed by atoms with E-state index in [-0.39, 0.29) is 30.0 Å². The Kier molecular flexibility index (Phi) is 14.2. The van der Waals surface area contributed by atoms with Gasteiger partial charge in [-0.2, -0.15) is 0 Å². The zero-order valence-corrected chi connectivity index (χ0v) is 28.8. The number of rotatable bonds is 16. The number of aromatic nitrogens is 2. The highest BCUT2D eigenvalue weighted by atomic mass is 16.6. The number of nitrogens with one attached hydrogen (secondary N) is 4. The molecule has 3 aromatic rings. The second-order valence-corrected chi connectivity index (χ2v) is 12.2. The fourth-order valence-electron chi connectivity index (χ4n) is 4.69. The summed E-state index contributed by atoms with van der Waals surface area (Å²) in [6.07, 6.45) is 1.53. The molecule has 14 heteroatoms. The van der Waals surface area contributed by atoms with Gasteiger partial charge in [0.15, 0.2) is 0 Å². The van der Waals surface area contributed by atoms with Crippen LogP contribution in [0.1, 0.15) is 71.3 Å². The van der Waals surface area contributed by atoms with Crippen molar-refractivity contribution in [1.82, 2.24) is 25.9 Å². The zero-order valence-electron chi connectivity index (χ0n) is 28.8. The summed E-state index contributed by atoms with van der Waals surface area (Å²) in [5.41, 5.74) is 1.73. The van der Waals surface area contributed by atoms with Crippen LogP contribution in [0.25, 0.3) is 0 Å². The highest BCUT2D eigenvalue weighted by Crippen LogP contribution is 2.16. The molecule has 3 rings (SSSR count). The molecule has 1 atom stereocenters. The zero-order chi connectivity index (χ0) is 36.0. The van der Waals surface area contributed by atoms with Crippen LogP contribution in [0.2, 0.25) is 0 Å². The van der Waals surface area contributed by atoms with E-state index in [0.29, 0.717) is 42.6 Å². The van der Waals surface area contributed by atoms with E-state index in [9.17, 15) is 24.3 Å². The summed E-state index contributed by atoms with van der Waals surface area (Å²) in [5.74, 6) is -0.790. The number of hydrogen-bond acceptors (Lipinski definition) is 11. The monoisotopic (exact) mass is 678 g/mol. The lowest BCUT2D eigenvalue weighted by atomic mass is 10.1. The molecule has 0 aliphatic heterocycles. The maximum Gasteiger partial charge on any atom is 0.407 e. The van der Waals surface area contributed by atoms with Gasteiger partial charge in [0.05, 0.1) is 30.7 Å². The van der Waals surface area contributed by atoms with E-state index in [0.717, 1.165) is 18.4 Å². The molecule has 0 saturated heterocycles. The van der Waals surface area contributed by atoms with E-state index in [1.165, 1.54) is 7.11 Å². The summed E-state index contributed by atoms with van der Waals surface area (Å²) in [6.45, 7) is 9.66. The summed E-state index contributed by atoms with van der Waals surface area (Å²) >= 11 is 0. The predicted octanol–water partition coefficient (Wildman–Crippen LogP) is 3.84. The standard InChI is InChI=1S/C35H46N6O8/c1-22-29(23(2)40-33(39-22)36-16-9-12-24-11-7-14-26(42)19-24)31(44)41-28(32(45)47-6)21-38-30(43)25-13-8-15-27(20-25)48-18-10-17-37-34(46)49-35(3,4)5/h7-8,11,13-15,19-20,28,42H,9-10,12,16-18,21H2,1-6H3,(H,37,46)(H,38,43)(H,41,44)(H,36,39,40)/t28-/m0/s1. The first-order chi connectivity index (χ1) is 23.3. The van der Waals surface area contributed by atoms with Crippen molar-refractivity contribution in [3.8, 4) is 11.5 Å². The summed E-state index contributed by atoms with van der Waals surface area (Å²) in [5, 5.41) is 20.7. The molecule has 2 aromatic carbocycles. The Balaban J connectivity index is 1.51. The molecule has 49 heavy (non-hydrogen) atoms. The minimum absolute atomic E-state index is 0.205. The van der Waals surface area contributed by atoms with Gasteiger partial charge in [0.25, 0.3) is 11.8 Å². The number of carbonyl (C=O) groups is 4. The third kappa shape index (κ3) is 13.0. The van der Waals surface area contributed by atoms with Crippen molar-refractivity contribution in [2.24, 2.45) is 0 Å². The van der Waals surface area contributed by atoms with Crippen molar-refractivity contribution in [3.63, 3.8) is 0 Å². The second kappa shape index (κ2) is 18.2. The van der Waals surface area contributed by atoms with Crippen LogP contribution in [0.3, 0.4) is 0 Å². The van der Waals surface area contributed by atoms with Crippen LogP contribution in [0, 0.1) is 13.8 Å². The number of phenolic OH excluding ortho intramolecular Hbond substituents is 1. The Morgan fingerprint density at radius 1 is 0.898 bits per heavy atom. The van der Waals surface area contributed by atoms with E-state index in [1.807, 2.05) is 6.07 Å². The molecule has 0 unspecified atom stereocenters. The molecule has 14 nitrogen and oxygen atoms in total. The van der Waals surface area contributed by atoms with Gasteiger partial charge in [-0.15, -0.1) is 0 Å². The van der Waals surface area contributed by atoms with Gasteiger partial charge >= 0.3 is 12.1 Å². The molecular weight excluding hydrogens is 632 g/mol. The fourth-order valence-corrected chi connectivity index (χ4v) is 4.69. The number of amides is 3. The Morgan fingerprint density at radius 2 is 1.61 bits per heavy atom. The molecule has 1 aromatic heterocycles. The lowest BCUT2D eigenvalue weighted by molar-refractivity contribution is -0.142. The minimum atomic E-state index is -1.19. The first kappa shape index (κ1) is 38.1. The average molecular weight is 679 g/mol.